The normalized spacial score (nSPS) is 12.1. The number of aliphatic hydroxyl groups excluding tert-OH is 1. The first-order valence-electron chi connectivity index (χ1n) is 5.78. The molecule has 1 N–H and O–H groups in total. The van der Waals surface area contributed by atoms with Gasteiger partial charge in [-0.3, -0.25) is 4.68 Å². The number of aliphatic hydroxyl groups is 1. The Kier molecular flexibility index (Phi) is 3.45. The predicted molar refractivity (Wildman–Crippen MR) is 67.8 cm³/mol. The van der Waals surface area contributed by atoms with E-state index in [1.165, 1.54) is 0 Å². The van der Waals surface area contributed by atoms with Crippen molar-refractivity contribution < 1.29 is 5.11 Å². The number of rotatable bonds is 3. The van der Waals surface area contributed by atoms with E-state index in [4.69, 9.17) is 5.26 Å². The zero-order valence-electron chi connectivity index (χ0n) is 10.5. The molecular formula is C14H15N3O. The number of hydrogen-bond donors (Lipinski definition) is 1. The Morgan fingerprint density at radius 2 is 2.22 bits per heavy atom. The molecule has 18 heavy (non-hydrogen) atoms. The van der Waals surface area contributed by atoms with Crippen LogP contribution in [0.25, 0.3) is 0 Å². The lowest BCUT2D eigenvalue weighted by molar-refractivity contribution is 0.176. The number of nitriles is 1. The first-order valence-corrected chi connectivity index (χ1v) is 5.78. The minimum Gasteiger partial charge on any atom is -0.388 e. The highest BCUT2D eigenvalue weighted by atomic mass is 16.3. The number of benzene rings is 1. The molecule has 0 fully saturated rings. The monoisotopic (exact) mass is 241 g/mol. The van der Waals surface area contributed by atoms with Crippen molar-refractivity contribution in [2.45, 2.75) is 19.4 Å². The summed E-state index contributed by atoms with van der Waals surface area (Å²) in [6.45, 7) is 1.92. The van der Waals surface area contributed by atoms with Crippen molar-refractivity contribution in [2.75, 3.05) is 0 Å². The van der Waals surface area contributed by atoms with Gasteiger partial charge in [-0.05, 0) is 30.7 Å². The van der Waals surface area contributed by atoms with Crippen LogP contribution in [-0.4, -0.2) is 14.9 Å². The van der Waals surface area contributed by atoms with Gasteiger partial charge in [0.25, 0.3) is 0 Å². The molecule has 0 saturated carbocycles. The van der Waals surface area contributed by atoms with Gasteiger partial charge in [-0.25, -0.2) is 0 Å². The zero-order chi connectivity index (χ0) is 13.1. The van der Waals surface area contributed by atoms with Crippen LogP contribution in [0.4, 0.5) is 0 Å². The van der Waals surface area contributed by atoms with Crippen LogP contribution < -0.4 is 0 Å². The fraction of sp³-hybridized carbons (Fsp3) is 0.286. The van der Waals surface area contributed by atoms with Crippen LogP contribution in [0.2, 0.25) is 0 Å². The molecule has 0 aliphatic rings. The van der Waals surface area contributed by atoms with E-state index in [-0.39, 0.29) is 0 Å². The molecule has 0 bridgehead atoms. The van der Waals surface area contributed by atoms with Crippen molar-refractivity contribution in [3.05, 3.63) is 52.8 Å². The van der Waals surface area contributed by atoms with Crippen LogP contribution in [0.15, 0.2) is 30.3 Å². The summed E-state index contributed by atoms with van der Waals surface area (Å²) in [5.74, 6) is 0. The number of aryl methyl sites for hydroxylation is 2. The molecule has 92 valence electrons. The molecule has 2 rings (SSSR count). The van der Waals surface area contributed by atoms with Crippen LogP contribution in [0.5, 0.6) is 0 Å². The van der Waals surface area contributed by atoms with E-state index in [1.807, 2.05) is 26.1 Å². The molecule has 2 aromatic rings. The third kappa shape index (κ3) is 2.58. The van der Waals surface area contributed by atoms with Crippen molar-refractivity contribution in [2.24, 2.45) is 7.05 Å². The second-order valence-corrected chi connectivity index (χ2v) is 4.36. The fourth-order valence-corrected chi connectivity index (χ4v) is 1.99. The summed E-state index contributed by atoms with van der Waals surface area (Å²) in [7, 11) is 1.86. The maximum absolute atomic E-state index is 10.2. The molecule has 4 nitrogen and oxygen atoms in total. The molecule has 4 heteroatoms. The van der Waals surface area contributed by atoms with E-state index in [9.17, 15) is 5.11 Å². The van der Waals surface area contributed by atoms with Crippen LogP contribution in [-0.2, 0) is 13.5 Å². The molecule has 1 aromatic heterocycles. The highest BCUT2D eigenvalue weighted by molar-refractivity contribution is 5.34. The van der Waals surface area contributed by atoms with Gasteiger partial charge in [-0.1, -0.05) is 12.1 Å². The molecular weight excluding hydrogens is 226 g/mol. The maximum Gasteiger partial charge on any atom is 0.0991 e. The average molecular weight is 241 g/mol. The van der Waals surface area contributed by atoms with Gasteiger partial charge < -0.3 is 5.11 Å². The number of aromatic nitrogens is 2. The molecule has 0 aliphatic heterocycles. The third-order valence-corrected chi connectivity index (χ3v) is 2.90. The molecule has 1 atom stereocenters. The van der Waals surface area contributed by atoms with Crippen LogP contribution >= 0.6 is 0 Å². The first-order chi connectivity index (χ1) is 8.60. The van der Waals surface area contributed by atoms with Crippen molar-refractivity contribution in [3.8, 4) is 6.07 Å². The SMILES string of the molecule is Cc1cc(CC(O)c2cccc(C#N)c2)n(C)n1. The van der Waals surface area contributed by atoms with E-state index in [2.05, 4.69) is 11.2 Å². The molecule has 0 spiro atoms. The van der Waals surface area contributed by atoms with E-state index in [0.29, 0.717) is 12.0 Å². The summed E-state index contributed by atoms with van der Waals surface area (Å²) in [6.07, 6.45) is -0.125. The Bertz CT molecular complexity index is 595. The highest BCUT2D eigenvalue weighted by Crippen LogP contribution is 2.19. The second kappa shape index (κ2) is 5.03. The van der Waals surface area contributed by atoms with E-state index in [1.54, 1.807) is 22.9 Å². The Labute approximate surface area is 106 Å². The van der Waals surface area contributed by atoms with Crippen molar-refractivity contribution >= 4 is 0 Å². The van der Waals surface area contributed by atoms with Gasteiger partial charge >= 0.3 is 0 Å². The van der Waals surface area contributed by atoms with Gasteiger partial charge in [0.1, 0.15) is 0 Å². The lowest BCUT2D eigenvalue weighted by Crippen LogP contribution is -2.06. The van der Waals surface area contributed by atoms with E-state index >= 15 is 0 Å². The zero-order valence-corrected chi connectivity index (χ0v) is 10.5. The molecule has 0 amide bonds. The van der Waals surface area contributed by atoms with Gasteiger partial charge in [0.2, 0.25) is 0 Å². The van der Waals surface area contributed by atoms with Crippen molar-refractivity contribution in [1.29, 1.82) is 5.26 Å². The lowest BCUT2D eigenvalue weighted by atomic mass is 10.0. The summed E-state index contributed by atoms with van der Waals surface area (Å²) in [5, 5.41) is 23.3. The largest absolute Gasteiger partial charge is 0.388 e. The highest BCUT2D eigenvalue weighted by Gasteiger charge is 2.12. The number of nitrogens with zero attached hydrogens (tertiary/aromatic N) is 3. The lowest BCUT2D eigenvalue weighted by Gasteiger charge is -2.11. The minimum atomic E-state index is -0.618. The standard InChI is InChI=1S/C14H15N3O/c1-10-6-13(17(2)16-10)8-14(18)12-5-3-4-11(7-12)9-15/h3-7,14,18H,8H2,1-2H3. The van der Waals surface area contributed by atoms with Gasteiger partial charge in [0.15, 0.2) is 0 Å². The minimum absolute atomic E-state index is 0.492. The van der Waals surface area contributed by atoms with Crippen LogP contribution in [0.1, 0.15) is 28.6 Å². The molecule has 1 aromatic carbocycles. The Hall–Kier alpha value is -2.12. The van der Waals surface area contributed by atoms with Crippen LogP contribution in [0, 0.1) is 18.3 Å². The third-order valence-electron chi connectivity index (χ3n) is 2.90. The van der Waals surface area contributed by atoms with Crippen molar-refractivity contribution in [3.63, 3.8) is 0 Å². The Morgan fingerprint density at radius 3 is 2.83 bits per heavy atom. The molecule has 1 heterocycles. The fourth-order valence-electron chi connectivity index (χ4n) is 1.99. The second-order valence-electron chi connectivity index (χ2n) is 4.36. The molecule has 1 unspecified atom stereocenters. The maximum atomic E-state index is 10.2. The summed E-state index contributed by atoms with van der Waals surface area (Å²) < 4.78 is 1.77. The van der Waals surface area contributed by atoms with Gasteiger partial charge in [-0.2, -0.15) is 10.4 Å². The smallest absolute Gasteiger partial charge is 0.0991 e. The van der Waals surface area contributed by atoms with Crippen LogP contribution in [0.3, 0.4) is 0 Å². The molecule has 0 aliphatic carbocycles. The predicted octanol–water partition coefficient (Wildman–Crippen LogP) is 1.88. The van der Waals surface area contributed by atoms with E-state index < -0.39 is 6.10 Å². The number of hydrogen-bond acceptors (Lipinski definition) is 3. The quantitative estimate of drug-likeness (QED) is 0.892. The summed E-state index contributed by atoms with van der Waals surface area (Å²) in [4.78, 5) is 0. The van der Waals surface area contributed by atoms with Gasteiger partial charge in [0, 0.05) is 19.2 Å². The summed E-state index contributed by atoms with van der Waals surface area (Å²) in [5.41, 5.74) is 3.23. The van der Waals surface area contributed by atoms with Crippen molar-refractivity contribution in [1.82, 2.24) is 9.78 Å². The molecule has 0 saturated heterocycles. The summed E-state index contributed by atoms with van der Waals surface area (Å²) >= 11 is 0. The Morgan fingerprint density at radius 1 is 1.44 bits per heavy atom. The van der Waals surface area contributed by atoms with Gasteiger partial charge in [0.05, 0.1) is 23.4 Å². The Balaban J connectivity index is 2.19. The van der Waals surface area contributed by atoms with Gasteiger partial charge in [-0.15, -0.1) is 0 Å². The van der Waals surface area contributed by atoms with E-state index in [0.717, 1.165) is 17.0 Å². The summed E-state index contributed by atoms with van der Waals surface area (Å²) in [6, 6.07) is 11.1. The average Bonchev–Trinajstić information content (AvgIpc) is 2.68. The topological polar surface area (TPSA) is 61.8 Å². The molecule has 0 radical (unpaired) electrons. The first kappa shape index (κ1) is 12.3.